The number of hydrogen-bond donors (Lipinski definition) is 1. The van der Waals surface area contributed by atoms with Crippen LogP contribution in [0.5, 0.6) is 5.75 Å². The van der Waals surface area contributed by atoms with Crippen LogP contribution in [0, 0.1) is 0 Å². The molecule has 0 aliphatic carbocycles. The number of ether oxygens (including phenoxy) is 1. The highest BCUT2D eigenvalue weighted by atomic mass is 32.2. The predicted molar refractivity (Wildman–Crippen MR) is 66.7 cm³/mol. The Morgan fingerprint density at radius 1 is 1.41 bits per heavy atom. The number of nitrogens with one attached hydrogen (secondary N) is 1. The van der Waals surface area contributed by atoms with E-state index in [1.807, 2.05) is 0 Å². The fourth-order valence-corrected chi connectivity index (χ4v) is 2.54. The van der Waals surface area contributed by atoms with Gasteiger partial charge in [-0.1, -0.05) is 6.07 Å². The van der Waals surface area contributed by atoms with Crippen molar-refractivity contribution in [3.05, 3.63) is 24.3 Å². The average molecular weight is 258 g/mol. The third-order valence-corrected chi connectivity index (χ3v) is 4.28. The summed E-state index contributed by atoms with van der Waals surface area (Å²) in [7, 11) is 1.43. The first-order valence-corrected chi connectivity index (χ1v) is 6.71. The van der Waals surface area contributed by atoms with Gasteiger partial charge in [-0.25, -0.2) is 8.42 Å². The van der Waals surface area contributed by atoms with Gasteiger partial charge in [0.1, 0.15) is 5.75 Å². The molecule has 0 aliphatic heterocycles. The van der Waals surface area contributed by atoms with E-state index in [0.29, 0.717) is 18.8 Å². The summed E-state index contributed by atoms with van der Waals surface area (Å²) in [5, 5.41) is 2.91. The van der Waals surface area contributed by atoms with Gasteiger partial charge in [0.15, 0.2) is 0 Å². The van der Waals surface area contributed by atoms with E-state index in [4.69, 9.17) is 4.74 Å². The van der Waals surface area contributed by atoms with Crippen molar-refractivity contribution in [1.82, 2.24) is 9.62 Å². The minimum absolute atomic E-state index is 0.246. The fraction of sp³-hybridized carbons (Fsp3) is 0.455. The quantitative estimate of drug-likeness (QED) is 0.809. The van der Waals surface area contributed by atoms with E-state index in [2.05, 4.69) is 5.32 Å². The van der Waals surface area contributed by atoms with E-state index in [0.717, 1.165) is 0 Å². The Kier molecular flexibility index (Phi) is 4.92. The van der Waals surface area contributed by atoms with Crippen molar-refractivity contribution in [1.29, 1.82) is 0 Å². The number of methoxy groups -OCH3 is 1. The maximum Gasteiger partial charge on any atom is 0.242 e. The van der Waals surface area contributed by atoms with Crippen LogP contribution in [0.1, 0.15) is 0 Å². The molecule has 1 N–H and O–H groups in total. The van der Waals surface area contributed by atoms with Gasteiger partial charge in [0, 0.05) is 26.2 Å². The molecule has 0 aliphatic rings. The Balaban J connectivity index is 2.95. The molecule has 0 aromatic heterocycles. The predicted octanol–water partition coefficient (Wildman–Crippen LogP) is 0.535. The second-order valence-electron chi connectivity index (χ2n) is 3.61. The summed E-state index contributed by atoms with van der Waals surface area (Å²) in [5.74, 6) is 0.535. The molecule has 0 unspecified atom stereocenters. The molecule has 1 aromatic rings. The molecule has 5 nitrogen and oxygen atoms in total. The van der Waals surface area contributed by atoms with Gasteiger partial charge in [-0.15, -0.1) is 0 Å². The first-order chi connectivity index (χ1) is 8.02. The smallest absolute Gasteiger partial charge is 0.242 e. The Bertz CT molecular complexity index is 460. The molecule has 6 heteroatoms. The van der Waals surface area contributed by atoms with E-state index < -0.39 is 10.0 Å². The van der Waals surface area contributed by atoms with Gasteiger partial charge in [-0.2, -0.15) is 4.31 Å². The van der Waals surface area contributed by atoms with Crippen LogP contribution in [0.4, 0.5) is 0 Å². The number of hydrogen-bond acceptors (Lipinski definition) is 4. The standard InChI is InChI=1S/C11H18N2O3S/c1-12-7-8-13(2)17(14,15)11-6-4-5-10(9-11)16-3/h4-6,9,12H,7-8H2,1-3H3. The van der Waals surface area contributed by atoms with Crippen molar-refractivity contribution >= 4 is 10.0 Å². The van der Waals surface area contributed by atoms with Crippen LogP contribution < -0.4 is 10.1 Å². The zero-order valence-electron chi connectivity index (χ0n) is 10.3. The van der Waals surface area contributed by atoms with Gasteiger partial charge in [0.05, 0.1) is 12.0 Å². The van der Waals surface area contributed by atoms with Gasteiger partial charge in [0.25, 0.3) is 0 Å². The molecule has 96 valence electrons. The van der Waals surface area contributed by atoms with Crippen LogP contribution in [0.3, 0.4) is 0 Å². The van der Waals surface area contributed by atoms with Crippen molar-refractivity contribution < 1.29 is 13.2 Å². The molecular weight excluding hydrogens is 240 g/mol. The molecule has 0 amide bonds. The first kappa shape index (κ1) is 14.0. The Morgan fingerprint density at radius 3 is 2.71 bits per heavy atom. The summed E-state index contributed by atoms with van der Waals surface area (Å²) in [4.78, 5) is 0.246. The third kappa shape index (κ3) is 3.42. The monoisotopic (exact) mass is 258 g/mol. The molecule has 0 spiro atoms. The van der Waals surface area contributed by atoms with Crippen molar-refractivity contribution in [3.8, 4) is 5.75 Å². The molecular formula is C11H18N2O3S. The Labute approximate surface area is 102 Å². The molecule has 1 aromatic carbocycles. The second-order valence-corrected chi connectivity index (χ2v) is 5.65. The molecule has 0 saturated heterocycles. The molecule has 0 radical (unpaired) electrons. The van der Waals surface area contributed by atoms with Crippen LogP contribution in [0.2, 0.25) is 0 Å². The normalized spacial score (nSPS) is 11.8. The number of sulfonamides is 1. The van der Waals surface area contributed by atoms with Crippen LogP contribution in [0.15, 0.2) is 29.2 Å². The Hall–Kier alpha value is -1.11. The SMILES string of the molecule is CNCCN(C)S(=O)(=O)c1cccc(OC)c1. The summed E-state index contributed by atoms with van der Waals surface area (Å²) >= 11 is 0. The highest BCUT2D eigenvalue weighted by molar-refractivity contribution is 7.89. The molecule has 0 heterocycles. The molecule has 0 saturated carbocycles. The first-order valence-electron chi connectivity index (χ1n) is 5.27. The zero-order valence-corrected chi connectivity index (χ0v) is 11.1. The molecule has 17 heavy (non-hydrogen) atoms. The van der Waals surface area contributed by atoms with E-state index in [-0.39, 0.29) is 4.90 Å². The van der Waals surface area contributed by atoms with Gasteiger partial charge in [-0.05, 0) is 19.2 Å². The highest BCUT2D eigenvalue weighted by Crippen LogP contribution is 2.19. The number of nitrogens with zero attached hydrogens (tertiary/aromatic N) is 1. The van der Waals surface area contributed by atoms with Gasteiger partial charge >= 0.3 is 0 Å². The maximum absolute atomic E-state index is 12.1. The molecule has 0 bridgehead atoms. The van der Waals surface area contributed by atoms with E-state index in [9.17, 15) is 8.42 Å². The summed E-state index contributed by atoms with van der Waals surface area (Å²) in [5.41, 5.74) is 0. The largest absolute Gasteiger partial charge is 0.497 e. The maximum atomic E-state index is 12.1. The summed E-state index contributed by atoms with van der Waals surface area (Å²) in [6.45, 7) is 1.04. The average Bonchev–Trinajstić information content (AvgIpc) is 2.35. The van der Waals surface area contributed by atoms with E-state index in [1.165, 1.54) is 17.5 Å². The summed E-state index contributed by atoms with van der Waals surface area (Å²) in [6, 6.07) is 6.46. The van der Waals surface area contributed by atoms with Crippen LogP contribution >= 0.6 is 0 Å². The third-order valence-electron chi connectivity index (χ3n) is 2.43. The zero-order chi connectivity index (χ0) is 12.9. The van der Waals surface area contributed by atoms with Gasteiger partial charge in [0.2, 0.25) is 10.0 Å². The molecule has 0 atom stereocenters. The highest BCUT2D eigenvalue weighted by Gasteiger charge is 2.20. The number of benzene rings is 1. The lowest BCUT2D eigenvalue weighted by Crippen LogP contribution is -2.32. The number of rotatable bonds is 6. The van der Waals surface area contributed by atoms with Crippen molar-refractivity contribution in [2.75, 3.05) is 34.3 Å². The van der Waals surface area contributed by atoms with Crippen LogP contribution in [-0.2, 0) is 10.0 Å². The lowest BCUT2D eigenvalue weighted by molar-refractivity contribution is 0.412. The summed E-state index contributed by atoms with van der Waals surface area (Å²) in [6.07, 6.45) is 0. The van der Waals surface area contributed by atoms with E-state index in [1.54, 1.807) is 32.3 Å². The van der Waals surface area contributed by atoms with Crippen LogP contribution in [-0.4, -0.2) is 47.0 Å². The lowest BCUT2D eigenvalue weighted by atomic mass is 10.3. The van der Waals surface area contributed by atoms with Gasteiger partial charge in [-0.3, -0.25) is 0 Å². The fourth-order valence-electron chi connectivity index (χ4n) is 1.33. The van der Waals surface area contributed by atoms with Crippen molar-refractivity contribution in [2.24, 2.45) is 0 Å². The topological polar surface area (TPSA) is 58.6 Å². The summed E-state index contributed by atoms with van der Waals surface area (Å²) < 4.78 is 30.6. The van der Waals surface area contributed by atoms with Crippen LogP contribution in [0.25, 0.3) is 0 Å². The number of likely N-dealkylation sites (N-methyl/N-ethyl adjacent to an activating group) is 2. The second kappa shape index (κ2) is 6.00. The lowest BCUT2D eigenvalue weighted by Gasteiger charge is -2.17. The van der Waals surface area contributed by atoms with Crippen molar-refractivity contribution in [2.45, 2.75) is 4.90 Å². The van der Waals surface area contributed by atoms with Gasteiger partial charge < -0.3 is 10.1 Å². The minimum Gasteiger partial charge on any atom is -0.497 e. The minimum atomic E-state index is -3.43. The Morgan fingerprint density at radius 2 is 2.12 bits per heavy atom. The molecule has 0 fully saturated rings. The van der Waals surface area contributed by atoms with Crippen molar-refractivity contribution in [3.63, 3.8) is 0 Å². The van der Waals surface area contributed by atoms with E-state index >= 15 is 0 Å². The molecule has 1 rings (SSSR count).